The summed E-state index contributed by atoms with van der Waals surface area (Å²) in [6.45, 7) is 7.55. The van der Waals surface area contributed by atoms with Gasteiger partial charge in [0.25, 0.3) is 11.8 Å². The fourth-order valence-electron chi connectivity index (χ4n) is 5.23. The molecule has 0 bridgehead atoms. The molecule has 2 heterocycles. The van der Waals surface area contributed by atoms with E-state index in [1.165, 1.54) is 23.6 Å². The van der Waals surface area contributed by atoms with Gasteiger partial charge in [-0.3, -0.25) is 24.2 Å². The van der Waals surface area contributed by atoms with Gasteiger partial charge in [-0.25, -0.2) is 4.99 Å². The summed E-state index contributed by atoms with van der Waals surface area (Å²) in [7, 11) is 0. The number of halogens is 3. The zero-order chi connectivity index (χ0) is 35.4. The Balaban J connectivity index is 0.000000254. The molecule has 2 fully saturated rings. The molecule has 12 heteroatoms. The number of benzene rings is 3. The molecule has 9 nitrogen and oxygen atoms in total. The standard InChI is InChI=1S/C22H21F3N4O2.C15H20N2O/c1-2-29-19(27-17-9-4-3-5-10-17)15(13-26)12-18(21(29)31)28-20(30)14-7-6-8-16(11-14)22(23,24)25;1-2-14(12-17-9-6-10-17)15(18)16-11-13-7-4-3-5-8-13/h3-11,13,18H,2,12,26H2,1H3,(H,28,30);2-5,7-8H,6,9-12H2,1H3,(H,16,18)/b15-13-,27-19?;14-2+. The number of para-hydroxylation sites is 1. The summed E-state index contributed by atoms with van der Waals surface area (Å²) in [5.74, 6) is -0.762. The summed E-state index contributed by atoms with van der Waals surface area (Å²) in [5, 5.41) is 5.50. The monoisotopic (exact) mass is 674 g/mol. The molecule has 4 N–H and O–H groups in total. The highest BCUT2D eigenvalue weighted by atomic mass is 19.4. The quantitative estimate of drug-likeness (QED) is 0.256. The molecule has 1 unspecified atom stereocenters. The molecule has 49 heavy (non-hydrogen) atoms. The molecular weight excluding hydrogens is 633 g/mol. The summed E-state index contributed by atoms with van der Waals surface area (Å²) in [4.78, 5) is 45.8. The molecule has 0 saturated carbocycles. The number of hydrogen-bond donors (Lipinski definition) is 3. The first-order chi connectivity index (χ1) is 23.5. The van der Waals surface area contributed by atoms with Crippen molar-refractivity contribution in [1.29, 1.82) is 0 Å². The van der Waals surface area contributed by atoms with Crippen LogP contribution in [0.15, 0.2) is 113 Å². The summed E-state index contributed by atoms with van der Waals surface area (Å²) < 4.78 is 38.8. The number of likely N-dealkylation sites (N-methyl/N-ethyl adjacent to an activating group) is 1. The number of carbonyl (C=O) groups is 3. The van der Waals surface area contributed by atoms with Crippen molar-refractivity contribution >= 4 is 29.2 Å². The van der Waals surface area contributed by atoms with Crippen LogP contribution >= 0.6 is 0 Å². The Kier molecular flexibility index (Phi) is 12.9. The van der Waals surface area contributed by atoms with Crippen LogP contribution in [0.1, 0.15) is 48.2 Å². The number of amides is 3. The zero-order valence-corrected chi connectivity index (χ0v) is 27.5. The average Bonchev–Trinajstić information content (AvgIpc) is 3.09. The predicted molar refractivity (Wildman–Crippen MR) is 184 cm³/mol. The predicted octanol–water partition coefficient (Wildman–Crippen LogP) is 5.58. The molecule has 3 aromatic carbocycles. The van der Waals surface area contributed by atoms with Gasteiger partial charge in [0.1, 0.15) is 11.9 Å². The van der Waals surface area contributed by atoms with Crippen molar-refractivity contribution in [1.82, 2.24) is 20.4 Å². The van der Waals surface area contributed by atoms with E-state index < -0.39 is 29.6 Å². The molecular formula is C37H41F3N6O3. The van der Waals surface area contributed by atoms with Crippen LogP contribution in [-0.2, 0) is 22.3 Å². The smallest absolute Gasteiger partial charge is 0.404 e. The maximum Gasteiger partial charge on any atom is 0.416 e. The molecule has 1 atom stereocenters. The van der Waals surface area contributed by atoms with Crippen LogP contribution in [0.25, 0.3) is 0 Å². The minimum atomic E-state index is -4.58. The van der Waals surface area contributed by atoms with Crippen molar-refractivity contribution in [2.75, 3.05) is 26.2 Å². The van der Waals surface area contributed by atoms with Crippen molar-refractivity contribution in [3.8, 4) is 0 Å². The zero-order valence-electron chi connectivity index (χ0n) is 27.5. The lowest BCUT2D eigenvalue weighted by atomic mass is 9.97. The van der Waals surface area contributed by atoms with Gasteiger partial charge in [-0.05, 0) is 69.3 Å². The lowest BCUT2D eigenvalue weighted by molar-refractivity contribution is -0.137. The van der Waals surface area contributed by atoms with E-state index in [0.717, 1.165) is 49.0 Å². The average molecular weight is 675 g/mol. The first-order valence-corrected chi connectivity index (χ1v) is 16.1. The number of likely N-dealkylation sites (tertiary alicyclic amines) is 2. The molecule has 5 rings (SSSR count). The second kappa shape index (κ2) is 17.3. The number of amidine groups is 1. The number of hydrogen-bond acceptors (Lipinski definition) is 6. The van der Waals surface area contributed by atoms with E-state index in [9.17, 15) is 27.6 Å². The Morgan fingerprint density at radius 1 is 1.00 bits per heavy atom. The second-order valence-corrected chi connectivity index (χ2v) is 11.5. The molecule has 0 spiro atoms. The van der Waals surface area contributed by atoms with E-state index in [1.54, 1.807) is 19.1 Å². The second-order valence-electron chi connectivity index (χ2n) is 11.5. The third kappa shape index (κ3) is 10.1. The molecule has 2 saturated heterocycles. The first-order valence-electron chi connectivity index (χ1n) is 16.1. The Hall–Kier alpha value is -5.23. The van der Waals surface area contributed by atoms with Crippen LogP contribution in [0.4, 0.5) is 18.9 Å². The van der Waals surface area contributed by atoms with Crippen molar-refractivity contribution in [3.05, 3.63) is 125 Å². The van der Waals surface area contributed by atoms with Crippen molar-refractivity contribution in [3.63, 3.8) is 0 Å². The first kappa shape index (κ1) is 36.6. The SMILES string of the molecule is C/C=C(\CN1CCC1)C(=O)NCc1ccccc1.CCN1C(=O)C(NC(=O)c2cccc(C(F)(F)F)c2)C/C(=C/N)C1=Nc1ccccc1. The van der Waals surface area contributed by atoms with Gasteiger partial charge in [0.15, 0.2) is 0 Å². The third-order valence-electron chi connectivity index (χ3n) is 8.08. The topological polar surface area (TPSA) is 120 Å². The highest BCUT2D eigenvalue weighted by Gasteiger charge is 2.37. The summed E-state index contributed by atoms with van der Waals surface area (Å²) in [5.41, 5.74) is 7.81. The molecule has 258 valence electrons. The Labute approximate surface area is 284 Å². The number of piperidine rings is 1. The Morgan fingerprint density at radius 3 is 2.24 bits per heavy atom. The highest BCUT2D eigenvalue weighted by molar-refractivity contribution is 6.13. The maximum atomic E-state index is 13.0. The molecule has 2 aliphatic rings. The number of nitrogens with one attached hydrogen (secondary N) is 2. The summed E-state index contributed by atoms with van der Waals surface area (Å²) >= 11 is 0. The minimum Gasteiger partial charge on any atom is -0.404 e. The van der Waals surface area contributed by atoms with Crippen molar-refractivity contribution in [2.45, 2.75) is 45.5 Å². The van der Waals surface area contributed by atoms with Crippen LogP contribution in [0.3, 0.4) is 0 Å². The van der Waals surface area contributed by atoms with Crippen LogP contribution in [0.2, 0.25) is 0 Å². The van der Waals surface area contributed by atoms with Gasteiger partial charge < -0.3 is 16.4 Å². The number of allylic oxidation sites excluding steroid dienone is 1. The number of nitrogens with zero attached hydrogens (tertiary/aromatic N) is 3. The summed E-state index contributed by atoms with van der Waals surface area (Å²) in [6, 6.07) is 22.1. The van der Waals surface area contributed by atoms with E-state index in [2.05, 4.69) is 20.5 Å². The van der Waals surface area contributed by atoms with Gasteiger partial charge in [-0.2, -0.15) is 13.2 Å². The lowest BCUT2D eigenvalue weighted by Crippen LogP contribution is -2.55. The van der Waals surface area contributed by atoms with Crippen molar-refractivity contribution in [2.24, 2.45) is 10.7 Å². The van der Waals surface area contributed by atoms with Gasteiger partial charge in [-0.15, -0.1) is 0 Å². The van der Waals surface area contributed by atoms with Crippen LogP contribution in [-0.4, -0.2) is 65.6 Å². The molecule has 2 aliphatic heterocycles. The maximum absolute atomic E-state index is 13.0. The molecule has 3 amide bonds. The highest BCUT2D eigenvalue weighted by Crippen LogP contribution is 2.30. The number of aliphatic imine (C=N–C) groups is 1. The molecule has 3 aromatic rings. The fourth-order valence-corrected chi connectivity index (χ4v) is 5.23. The van der Waals surface area contributed by atoms with Gasteiger partial charge in [-0.1, -0.05) is 60.7 Å². The number of rotatable bonds is 9. The largest absolute Gasteiger partial charge is 0.416 e. The van der Waals surface area contributed by atoms with Crippen LogP contribution < -0.4 is 16.4 Å². The minimum absolute atomic E-state index is 0.0493. The summed E-state index contributed by atoms with van der Waals surface area (Å²) in [6.07, 6.45) is -0.0159. The molecule has 0 aliphatic carbocycles. The Morgan fingerprint density at radius 2 is 1.67 bits per heavy atom. The van der Waals surface area contributed by atoms with Gasteiger partial charge in [0.05, 0.1) is 11.3 Å². The fraction of sp³-hybridized carbons (Fsp3) is 0.297. The van der Waals surface area contributed by atoms with E-state index in [-0.39, 0.29) is 24.4 Å². The van der Waals surface area contributed by atoms with E-state index in [1.807, 2.05) is 61.5 Å². The number of alkyl halides is 3. The molecule has 0 radical (unpaired) electrons. The third-order valence-corrected chi connectivity index (χ3v) is 8.08. The van der Waals surface area contributed by atoms with Gasteiger partial charge >= 0.3 is 6.18 Å². The van der Waals surface area contributed by atoms with Crippen LogP contribution in [0, 0.1) is 0 Å². The molecule has 0 aromatic heterocycles. The van der Waals surface area contributed by atoms with Gasteiger partial charge in [0, 0.05) is 49.0 Å². The Bertz CT molecular complexity index is 1690. The number of nitrogens with two attached hydrogens (primary N) is 1. The number of carbonyl (C=O) groups excluding carboxylic acids is 3. The van der Waals surface area contributed by atoms with E-state index >= 15 is 0 Å². The van der Waals surface area contributed by atoms with E-state index in [4.69, 9.17) is 5.73 Å². The van der Waals surface area contributed by atoms with Gasteiger partial charge in [0.2, 0.25) is 5.91 Å². The lowest BCUT2D eigenvalue weighted by Gasteiger charge is -2.34. The van der Waals surface area contributed by atoms with Crippen LogP contribution in [0.5, 0.6) is 0 Å². The van der Waals surface area contributed by atoms with E-state index in [0.29, 0.717) is 23.6 Å². The van der Waals surface area contributed by atoms with Crippen molar-refractivity contribution < 1.29 is 27.6 Å². The normalized spacial score (nSPS) is 18.4.